The Kier molecular flexibility index (Phi) is 8.31. The summed E-state index contributed by atoms with van der Waals surface area (Å²) in [6.45, 7) is 9.59. The molecule has 1 unspecified atom stereocenters. The molecule has 0 heterocycles. The standard InChI is InChI=1S/C17H29NO/c1-4-6-7-12-19-17-10-8-16(9-11-17)14-18-13-15(3)5-2/h8-11,15,18H,4-7,12-14H2,1-3H3. The van der Waals surface area contributed by atoms with Crippen molar-refractivity contribution in [3.05, 3.63) is 29.8 Å². The average molecular weight is 263 g/mol. The van der Waals surface area contributed by atoms with E-state index in [1.54, 1.807) is 0 Å². The molecule has 1 atom stereocenters. The Balaban J connectivity index is 2.23. The van der Waals surface area contributed by atoms with Crippen LogP contribution in [0.3, 0.4) is 0 Å². The monoisotopic (exact) mass is 263 g/mol. The van der Waals surface area contributed by atoms with Crippen molar-refractivity contribution >= 4 is 0 Å². The lowest BCUT2D eigenvalue weighted by atomic mass is 10.1. The molecule has 0 fully saturated rings. The highest BCUT2D eigenvalue weighted by molar-refractivity contribution is 5.27. The first kappa shape index (κ1) is 16.0. The second-order valence-corrected chi connectivity index (χ2v) is 5.34. The van der Waals surface area contributed by atoms with Crippen LogP contribution in [0.1, 0.15) is 52.0 Å². The van der Waals surface area contributed by atoms with Gasteiger partial charge in [0, 0.05) is 6.54 Å². The Bertz CT molecular complexity index is 321. The molecular weight excluding hydrogens is 234 g/mol. The second kappa shape index (κ2) is 9.85. The molecule has 2 nitrogen and oxygen atoms in total. The Morgan fingerprint density at radius 3 is 2.47 bits per heavy atom. The fourth-order valence-electron chi connectivity index (χ4n) is 1.85. The van der Waals surface area contributed by atoms with E-state index in [2.05, 4.69) is 50.4 Å². The van der Waals surface area contributed by atoms with Crippen LogP contribution in [0.5, 0.6) is 5.75 Å². The maximum absolute atomic E-state index is 5.70. The molecule has 108 valence electrons. The molecule has 1 N–H and O–H groups in total. The third kappa shape index (κ3) is 7.22. The van der Waals surface area contributed by atoms with Gasteiger partial charge in [-0.15, -0.1) is 0 Å². The summed E-state index contributed by atoms with van der Waals surface area (Å²) in [7, 11) is 0. The van der Waals surface area contributed by atoms with E-state index >= 15 is 0 Å². The zero-order valence-electron chi connectivity index (χ0n) is 12.7. The van der Waals surface area contributed by atoms with E-state index < -0.39 is 0 Å². The van der Waals surface area contributed by atoms with E-state index in [1.165, 1.54) is 24.8 Å². The number of rotatable bonds is 10. The first-order valence-corrected chi connectivity index (χ1v) is 7.68. The molecule has 0 aliphatic rings. The minimum atomic E-state index is 0.751. The average Bonchev–Trinajstić information content (AvgIpc) is 2.45. The van der Waals surface area contributed by atoms with Gasteiger partial charge in [-0.05, 0) is 36.6 Å². The maximum atomic E-state index is 5.70. The Hall–Kier alpha value is -1.02. The summed E-state index contributed by atoms with van der Waals surface area (Å²) in [6.07, 6.45) is 4.87. The van der Waals surface area contributed by atoms with Crippen molar-refractivity contribution in [2.75, 3.05) is 13.2 Å². The van der Waals surface area contributed by atoms with E-state index in [0.717, 1.165) is 37.8 Å². The lowest BCUT2D eigenvalue weighted by Gasteiger charge is -2.10. The minimum Gasteiger partial charge on any atom is -0.494 e. The molecule has 0 radical (unpaired) electrons. The SMILES string of the molecule is CCCCCOc1ccc(CNCC(C)CC)cc1. The maximum Gasteiger partial charge on any atom is 0.119 e. The molecule has 0 aromatic heterocycles. The van der Waals surface area contributed by atoms with Crippen LogP contribution >= 0.6 is 0 Å². The van der Waals surface area contributed by atoms with Crippen LogP contribution < -0.4 is 10.1 Å². The van der Waals surface area contributed by atoms with Crippen molar-refractivity contribution in [1.29, 1.82) is 0 Å². The molecule has 0 bridgehead atoms. The third-order valence-corrected chi connectivity index (χ3v) is 3.46. The molecule has 1 aromatic carbocycles. The highest BCUT2D eigenvalue weighted by Gasteiger charge is 1.99. The van der Waals surface area contributed by atoms with Crippen molar-refractivity contribution in [3.8, 4) is 5.75 Å². The number of ether oxygens (including phenoxy) is 1. The zero-order chi connectivity index (χ0) is 13.9. The summed E-state index contributed by atoms with van der Waals surface area (Å²) in [5, 5.41) is 3.49. The zero-order valence-corrected chi connectivity index (χ0v) is 12.7. The molecular formula is C17H29NO. The summed E-state index contributed by atoms with van der Waals surface area (Å²) in [4.78, 5) is 0. The summed E-state index contributed by atoms with van der Waals surface area (Å²) >= 11 is 0. The van der Waals surface area contributed by atoms with Crippen molar-refractivity contribution in [2.24, 2.45) is 5.92 Å². The first-order valence-electron chi connectivity index (χ1n) is 7.68. The van der Waals surface area contributed by atoms with Gasteiger partial charge in [0.15, 0.2) is 0 Å². The highest BCUT2D eigenvalue weighted by atomic mass is 16.5. The molecule has 0 aliphatic carbocycles. The van der Waals surface area contributed by atoms with E-state index in [-0.39, 0.29) is 0 Å². The van der Waals surface area contributed by atoms with E-state index in [9.17, 15) is 0 Å². The number of unbranched alkanes of at least 4 members (excludes halogenated alkanes) is 2. The lowest BCUT2D eigenvalue weighted by Crippen LogP contribution is -2.20. The number of hydrogen-bond acceptors (Lipinski definition) is 2. The Morgan fingerprint density at radius 2 is 1.84 bits per heavy atom. The third-order valence-electron chi connectivity index (χ3n) is 3.46. The van der Waals surface area contributed by atoms with Gasteiger partial charge in [0.25, 0.3) is 0 Å². The molecule has 19 heavy (non-hydrogen) atoms. The van der Waals surface area contributed by atoms with Crippen LogP contribution in [0.15, 0.2) is 24.3 Å². The second-order valence-electron chi connectivity index (χ2n) is 5.34. The van der Waals surface area contributed by atoms with Crippen LogP contribution in [0.25, 0.3) is 0 Å². The topological polar surface area (TPSA) is 21.3 Å². The lowest BCUT2D eigenvalue weighted by molar-refractivity contribution is 0.306. The van der Waals surface area contributed by atoms with Gasteiger partial charge in [0.2, 0.25) is 0 Å². The van der Waals surface area contributed by atoms with Crippen molar-refractivity contribution in [3.63, 3.8) is 0 Å². The molecule has 0 spiro atoms. The predicted molar refractivity (Wildman–Crippen MR) is 82.6 cm³/mol. The van der Waals surface area contributed by atoms with Gasteiger partial charge in [0.1, 0.15) is 5.75 Å². The summed E-state index contributed by atoms with van der Waals surface area (Å²) in [5.74, 6) is 1.74. The van der Waals surface area contributed by atoms with Gasteiger partial charge < -0.3 is 10.1 Å². The number of nitrogens with one attached hydrogen (secondary N) is 1. The molecule has 2 heteroatoms. The van der Waals surface area contributed by atoms with Gasteiger partial charge in [-0.3, -0.25) is 0 Å². The molecule has 0 saturated heterocycles. The minimum absolute atomic E-state index is 0.751. The molecule has 0 aliphatic heterocycles. The van der Waals surface area contributed by atoms with E-state index in [1.807, 2.05) is 0 Å². The molecule has 0 amide bonds. The van der Waals surface area contributed by atoms with Crippen molar-refractivity contribution in [2.45, 2.75) is 53.0 Å². The fourth-order valence-corrected chi connectivity index (χ4v) is 1.85. The summed E-state index contributed by atoms with van der Waals surface area (Å²) in [5.41, 5.74) is 1.32. The van der Waals surface area contributed by atoms with Crippen molar-refractivity contribution < 1.29 is 4.74 Å². The smallest absolute Gasteiger partial charge is 0.119 e. The summed E-state index contributed by atoms with van der Waals surface area (Å²) in [6, 6.07) is 8.45. The van der Waals surface area contributed by atoms with Gasteiger partial charge in [-0.25, -0.2) is 0 Å². The van der Waals surface area contributed by atoms with Crippen LogP contribution in [0, 0.1) is 5.92 Å². The quantitative estimate of drug-likeness (QED) is 0.632. The Labute approximate surface area is 118 Å². The normalized spacial score (nSPS) is 12.4. The molecule has 1 rings (SSSR count). The van der Waals surface area contributed by atoms with Gasteiger partial charge in [0.05, 0.1) is 6.61 Å². The predicted octanol–water partition coefficient (Wildman–Crippen LogP) is 4.39. The van der Waals surface area contributed by atoms with Crippen LogP contribution in [-0.4, -0.2) is 13.2 Å². The largest absolute Gasteiger partial charge is 0.494 e. The molecule has 0 saturated carbocycles. The number of benzene rings is 1. The Morgan fingerprint density at radius 1 is 1.11 bits per heavy atom. The summed E-state index contributed by atoms with van der Waals surface area (Å²) < 4.78 is 5.70. The van der Waals surface area contributed by atoms with Crippen LogP contribution in [0.2, 0.25) is 0 Å². The van der Waals surface area contributed by atoms with Crippen LogP contribution in [0.4, 0.5) is 0 Å². The van der Waals surface area contributed by atoms with Gasteiger partial charge in [-0.2, -0.15) is 0 Å². The van der Waals surface area contributed by atoms with Crippen molar-refractivity contribution in [1.82, 2.24) is 5.32 Å². The number of hydrogen-bond donors (Lipinski definition) is 1. The first-order chi connectivity index (χ1) is 9.26. The van der Waals surface area contributed by atoms with E-state index in [4.69, 9.17) is 4.74 Å². The molecule has 1 aromatic rings. The van der Waals surface area contributed by atoms with E-state index in [0.29, 0.717) is 0 Å². The highest BCUT2D eigenvalue weighted by Crippen LogP contribution is 2.13. The fraction of sp³-hybridized carbons (Fsp3) is 0.647. The van der Waals surface area contributed by atoms with Gasteiger partial charge in [-0.1, -0.05) is 52.2 Å². The van der Waals surface area contributed by atoms with Crippen LogP contribution in [-0.2, 0) is 6.54 Å². The van der Waals surface area contributed by atoms with Gasteiger partial charge >= 0.3 is 0 Å².